The van der Waals surface area contributed by atoms with E-state index in [9.17, 15) is 4.39 Å². The molecule has 2 unspecified atom stereocenters. The second kappa shape index (κ2) is 9.13. The monoisotopic (exact) mass is 295 g/mol. The van der Waals surface area contributed by atoms with Gasteiger partial charge in [-0.25, -0.2) is 4.39 Å². The fourth-order valence-electron chi connectivity index (χ4n) is 2.62. The SMILES string of the molecule is CCCN(CCN(C)C)C(c1ccc(F)cc1)C(N)CC. The van der Waals surface area contributed by atoms with Gasteiger partial charge in [0.15, 0.2) is 0 Å². The third kappa shape index (κ3) is 5.73. The molecule has 0 amide bonds. The largest absolute Gasteiger partial charge is 0.326 e. The van der Waals surface area contributed by atoms with Crippen molar-refractivity contribution in [2.75, 3.05) is 33.7 Å². The van der Waals surface area contributed by atoms with Crippen LogP contribution >= 0.6 is 0 Å². The van der Waals surface area contributed by atoms with E-state index in [4.69, 9.17) is 5.73 Å². The second-order valence-electron chi connectivity index (χ2n) is 5.91. The van der Waals surface area contributed by atoms with Crippen LogP contribution in [-0.4, -0.2) is 49.6 Å². The Labute approximate surface area is 128 Å². The van der Waals surface area contributed by atoms with E-state index in [-0.39, 0.29) is 17.9 Å². The quantitative estimate of drug-likeness (QED) is 0.760. The maximum atomic E-state index is 13.2. The second-order valence-corrected chi connectivity index (χ2v) is 5.91. The number of nitrogens with two attached hydrogens (primary N) is 1. The number of rotatable bonds is 9. The van der Waals surface area contributed by atoms with E-state index in [1.165, 1.54) is 12.1 Å². The van der Waals surface area contributed by atoms with Crippen molar-refractivity contribution >= 4 is 0 Å². The third-order valence-corrected chi connectivity index (χ3v) is 3.83. The van der Waals surface area contributed by atoms with Crippen molar-refractivity contribution in [3.63, 3.8) is 0 Å². The Kier molecular flexibility index (Phi) is 7.86. The Hall–Kier alpha value is -0.970. The third-order valence-electron chi connectivity index (χ3n) is 3.83. The fraction of sp³-hybridized carbons (Fsp3) is 0.647. The van der Waals surface area contributed by atoms with Gasteiger partial charge in [-0.2, -0.15) is 0 Å². The molecule has 0 aliphatic rings. The van der Waals surface area contributed by atoms with Crippen molar-refractivity contribution in [3.8, 4) is 0 Å². The highest BCUT2D eigenvalue weighted by Crippen LogP contribution is 2.25. The van der Waals surface area contributed by atoms with Crippen LogP contribution < -0.4 is 5.73 Å². The Balaban J connectivity index is 2.98. The number of halogens is 1. The van der Waals surface area contributed by atoms with Crippen molar-refractivity contribution in [3.05, 3.63) is 35.6 Å². The number of likely N-dealkylation sites (N-methyl/N-ethyl adjacent to an activating group) is 1. The van der Waals surface area contributed by atoms with Crippen LogP contribution in [-0.2, 0) is 0 Å². The van der Waals surface area contributed by atoms with E-state index in [2.05, 4.69) is 37.7 Å². The molecule has 0 saturated heterocycles. The van der Waals surface area contributed by atoms with Crippen LogP contribution in [0, 0.1) is 5.82 Å². The molecule has 0 aliphatic carbocycles. The van der Waals surface area contributed by atoms with E-state index >= 15 is 0 Å². The van der Waals surface area contributed by atoms with Crippen molar-refractivity contribution in [1.29, 1.82) is 0 Å². The van der Waals surface area contributed by atoms with E-state index in [1.807, 2.05) is 12.1 Å². The number of hydrogen-bond donors (Lipinski definition) is 1. The molecular formula is C17H30FN3. The van der Waals surface area contributed by atoms with Crippen LogP contribution in [0.25, 0.3) is 0 Å². The molecule has 0 radical (unpaired) electrons. The van der Waals surface area contributed by atoms with E-state index in [1.54, 1.807) is 0 Å². The average Bonchev–Trinajstić information content (AvgIpc) is 2.46. The van der Waals surface area contributed by atoms with E-state index in [0.717, 1.165) is 38.0 Å². The summed E-state index contributed by atoms with van der Waals surface area (Å²) >= 11 is 0. The molecule has 0 aromatic heterocycles. The van der Waals surface area contributed by atoms with Gasteiger partial charge in [-0.15, -0.1) is 0 Å². The van der Waals surface area contributed by atoms with Gasteiger partial charge < -0.3 is 10.6 Å². The van der Waals surface area contributed by atoms with Crippen LogP contribution in [0.5, 0.6) is 0 Å². The average molecular weight is 295 g/mol. The zero-order chi connectivity index (χ0) is 15.8. The molecule has 3 nitrogen and oxygen atoms in total. The first-order valence-corrected chi connectivity index (χ1v) is 7.89. The van der Waals surface area contributed by atoms with Crippen LogP contribution in [0.2, 0.25) is 0 Å². The first-order chi connectivity index (χ1) is 9.99. The molecule has 21 heavy (non-hydrogen) atoms. The molecule has 0 bridgehead atoms. The molecule has 2 atom stereocenters. The predicted octanol–water partition coefficient (Wildman–Crippen LogP) is 2.88. The normalized spacial score (nSPS) is 14.7. The summed E-state index contributed by atoms with van der Waals surface area (Å²) in [7, 11) is 4.16. The Bertz CT molecular complexity index is 392. The zero-order valence-electron chi connectivity index (χ0n) is 13.8. The molecule has 4 heteroatoms. The molecule has 0 spiro atoms. The molecule has 1 rings (SSSR count). The topological polar surface area (TPSA) is 32.5 Å². The predicted molar refractivity (Wildman–Crippen MR) is 87.8 cm³/mol. The maximum absolute atomic E-state index is 13.2. The van der Waals surface area contributed by atoms with E-state index < -0.39 is 0 Å². The molecule has 120 valence electrons. The van der Waals surface area contributed by atoms with Gasteiger partial charge in [0.1, 0.15) is 5.82 Å². The van der Waals surface area contributed by atoms with Crippen molar-refractivity contribution in [2.24, 2.45) is 5.73 Å². The minimum Gasteiger partial charge on any atom is -0.326 e. The highest BCUT2D eigenvalue weighted by atomic mass is 19.1. The molecule has 0 fully saturated rings. The zero-order valence-corrected chi connectivity index (χ0v) is 13.8. The van der Waals surface area contributed by atoms with E-state index in [0.29, 0.717) is 0 Å². The number of benzene rings is 1. The minimum atomic E-state index is -0.196. The van der Waals surface area contributed by atoms with Gasteiger partial charge in [0.05, 0.1) is 0 Å². The van der Waals surface area contributed by atoms with Gasteiger partial charge in [0, 0.05) is 25.2 Å². The van der Waals surface area contributed by atoms with Crippen molar-refractivity contribution < 1.29 is 4.39 Å². The van der Waals surface area contributed by atoms with Gasteiger partial charge in [-0.1, -0.05) is 26.0 Å². The van der Waals surface area contributed by atoms with Crippen LogP contribution in [0.4, 0.5) is 4.39 Å². The molecular weight excluding hydrogens is 265 g/mol. The minimum absolute atomic E-state index is 0.0594. The number of nitrogens with zero attached hydrogens (tertiary/aromatic N) is 2. The van der Waals surface area contributed by atoms with Crippen LogP contribution in [0.1, 0.15) is 38.3 Å². The summed E-state index contributed by atoms with van der Waals surface area (Å²) < 4.78 is 13.2. The highest BCUT2D eigenvalue weighted by Gasteiger charge is 2.25. The lowest BCUT2D eigenvalue weighted by Crippen LogP contribution is -2.43. The highest BCUT2D eigenvalue weighted by molar-refractivity contribution is 5.21. The number of hydrogen-bond acceptors (Lipinski definition) is 3. The smallest absolute Gasteiger partial charge is 0.123 e. The lowest BCUT2D eigenvalue weighted by Gasteiger charge is -2.36. The van der Waals surface area contributed by atoms with Gasteiger partial charge in [-0.05, 0) is 51.2 Å². The van der Waals surface area contributed by atoms with Gasteiger partial charge in [0.2, 0.25) is 0 Å². The molecule has 2 N–H and O–H groups in total. The van der Waals surface area contributed by atoms with Gasteiger partial charge >= 0.3 is 0 Å². The summed E-state index contributed by atoms with van der Waals surface area (Å²) in [6, 6.07) is 7.00. The summed E-state index contributed by atoms with van der Waals surface area (Å²) in [5, 5.41) is 0. The summed E-state index contributed by atoms with van der Waals surface area (Å²) in [5.41, 5.74) is 7.49. The molecule has 1 aromatic carbocycles. The summed E-state index contributed by atoms with van der Waals surface area (Å²) in [6.07, 6.45) is 1.99. The maximum Gasteiger partial charge on any atom is 0.123 e. The Morgan fingerprint density at radius 3 is 2.14 bits per heavy atom. The Morgan fingerprint density at radius 2 is 1.67 bits per heavy atom. The Morgan fingerprint density at radius 1 is 1.05 bits per heavy atom. The molecule has 1 aromatic rings. The summed E-state index contributed by atoms with van der Waals surface area (Å²) in [5.74, 6) is -0.196. The van der Waals surface area contributed by atoms with Crippen molar-refractivity contribution in [2.45, 2.75) is 38.8 Å². The van der Waals surface area contributed by atoms with Crippen LogP contribution in [0.15, 0.2) is 24.3 Å². The van der Waals surface area contributed by atoms with Crippen molar-refractivity contribution in [1.82, 2.24) is 9.80 Å². The molecule has 0 saturated carbocycles. The lowest BCUT2D eigenvalue weighted by atomic mass is 9.96. The van der Waals surface area contributed by atoms with Crippen LogP contribution in [0.3, 0.4) is 0 Å². The fourth-order valence-corrected chi connectivity index (χ4v) is 2.62. The lowest BCUT2D eigenvalue weighted by molar-refractivity contribution is 0.155. The van der Waals surface area contributed by atoms with Gasteiger partial charge in [-0.3, -0.25) is 4.90 Å². The first-order valence-electron chi connectivity index (χ1n) is 7.89. The molecule has 0 heterocycles. The first kappa shape index (κ1) is 18.1. The van der Waals surface area contributed by atoms with Gasteiger partial charge in [0.25, 0.3) is 0 Å². The summed E-state index contributed by atoms with van der Waals surface area (Å²) in [4.78, 5) is 4.61. The summed E-state index contributed by atoms with van der Waals surface area (Å²) in [6.45, 7) is 7.26. The standard InChI is InChI=1S/C17H30FN3/c1-5-11-21(13-12-20(3)4)17(16(19)6-2)14-7-9-15(18)10-8-14/h7-10,16-17H,5-6,11-13,19H2,1-4H3. The molecule has 0 aliphatic heterocycles.